The van der Waals surface area contributed by atoms with Gasteiger partial charge in [0.25, 0.3) is 5.91 Å². The number of nitrogens with zero attached hydrogens (tertiary/aromatic N) is 2. The normalized spacial score (nSPS) is 27.6. The van der Waals surface area contributed by atoms with Crippen molar-refractivity contribution in [3.8, 4) is 0 Å². The fourth-order valence-corrected chi connectivity index (χ4v) is 4.12. The summed E-state index contributed by atoms with van der Waals surface area (Å²) in [6, 6.07) is -0.146. The molecule has 0 unspecified atom stereocenters. The molecule has 1 saturated carbocycles. The maximum atomic E-state index is 12.6. The number of likely N-dealkylation sites (tertiary alicyclic amines) is 1. The fourth-order valence-electron chi connectivity index (χ4n) is 4.12. The van der Waals surface area contributed by atoms with E-state index in [1.807, 2.05) is 4.90 Å². The lowest BCUT2D eigenvalue weighted by Crippen LogP contribution is -2.49. The number of hydrogen-bond acceptors (Lipinski definition) is 3. The van der Waals surface area contributed by atoms with Crippen LogP contribution >= 0.6 is 0 Å². The molecule has 1 spiro atoms. The Labute approximate surface area is 131 Å². The first-order chi connectivity index (χ1) is 10.6. The van der Waals surface area contributed by atoms with Gasteiger partial charge in [-0.3, -0.25) is 14.5 Å². The van der Waals surface area contributed by atoms with E-state index in [9.17, 15) is 14.4 Å². The molecule has 1 N–H and O–H groups in total. The van der Waals surface area contributed by atoms with E-state index in [-0.39, 0.29) is 24.4 Å². The number of urea groups is 1. The maximum absolute atomic E-state index is 12.6. The Morgan fingerprint density at radius 2 is 1.95 bits per heavy atom. The molecule has 2 heterocycles. The average molecular weight is 307 g/mol. The molecule has 1 atom stereocenters. The largest absolute Gasteiger partial charge is 0.338 e. The zero-order valence-electron chi connectivity index (χ0n) is 13.3. The van der Waals surface area contributed by atoms with Crippen LogP contribution in [0.4, 0.5) is 4.79 Å². The van der Waals surface area contributed by atoms with E-state index in [1.54, 1.807) is 0 Å². The van der Waals surface area contributed by atoms with Gasteiger partial charge in [-0.2, -0.15) is 0 Å². The van der Waals surface area contributed by atoms with Crippen molar-refractivity contribution in [2.75, 3.05) is 13.1 Å². The van der Waals surface area contributed by atoms with E-state index in [0.717, 1.165) is 50.0 Å². The summed E-state index contributed by atoms with van der Waals surface area (Å²) < 4.78 is 0. The third kappa shape index (κ3) is 2.48. The van der Waals surface area contributed by atoms with E-state index in [2.05, 4.69) is 12.2 Å². The van der Waals surface area contributed by atoms with Crippen LogP contribution in [0.5, 0.6) is 0 Å². The molecule has 1 aliphatic carbocycles. The highest BCUT2D eigenvalue weighted by Crippen LogP contribution is 2.35. The molecule has 3 rings (SSSR count). The molecule has 0 aromatic heterocycles. The molecular weight excluding hydrogens is 282 g/mol. The Hall–Kier alpha value is -1.59. The first-order valence-electron chi connectivity index (χ1n) is 8.51. The first-order valence-corrected chi connectivity index (χ1v) is 8.51. The van der Waals surface area contributed by atoms with Crippen LogP contribution in [0.2, 0.25) is 0 Å². The number of carbonyl (C=O) groups is 3. The van der Waals surface area contributed by atoms with Gasteiger partial charge in [-0.15, -0.1) is 0 Å². The summed E-state index contributed by atoms with van der Waals surface area (Å²) in [7, 11) is 0. The zero-order chi connectivity index (χ0) is 15.7. The molecule has 0 bridgehead atoms. The minimum absolute atomic E-state index is 0.0925. The van der Waals surface area contributed by atoms with Crippen molar-refractivity contribution < 1.29 is 14.4 Å². The van der Waals surface area contributed by atoms with Crippen molar-refractivity contribution in [3.05, 3.63) is 0 Å². The second-order valence-electron chi connectivity index (χ2n) is 6.76. The van der Waals surface area contributed by atoms with Crippen LogP contribution in [0.15, 0.2) is 0 Å². The predicted octanol–water partition coefficient (Wildman–Crippen LogP) is 1.64. The van der Waals surface area contributed by atoms with E-state index < -0.39 is 11.6 Å². The highest BCUT2D eigenvalue weighted by atomic mass is 16.2. The van der Waals surface area contributed by atoms with Gasteiger partial charge in [0.15, 0.2) is 0 Å². The minimum atomic E-state index is -0.719. The molecule has 0 radical (unpaired) electrons. The summed E-state index contributed by atoms with van der Waals surface area (Å²) >= 11 is 0. The lowest BCUT2D eigenvalue weighted by Gasteiger charge is -2.36. The number of rotatable bonds is 3. The third-order valence-corrected chi connectivity index (χ3v) is 5.42. The number of piperidine rings is 1. The van der Waals surface area contributed by atoms with Gasteiger partial charge in [-0.25, -0.2) is 4.79 Å². The van der Waals surface area contributed by atoms with Crippen molar-refractivity contribution in [1.29, 1.82) is 0 Å². The number of amides is 4. The van der Waals surface area contributed by atoms with Gasteiger partial charge in [-0.05, 0) is 38.5 Å². The molecule has 0 aromatic carbocycles. The van der Waals surface area contributed by atoms with Crippen LogP contribution < -0.4 is 5.32 Å². The highest BCUT2D eigenvalue weighted by molar-refractivity contribution is 6.09. The summed E-state index contributed by atoms with van der Waals surface area (Å²) in [4.78, 5) is 40.3. The molecular formula is C16H25N3O3. The SMILES string of the molecule is CC[C@@H]1CCCCN1C(=O)CN1C(=O)NC2(CCCC2)C1=O. The van der Waals surface area contributed by atoms with E-state index in [1.165, 1.54) is 0 Å². The smallest absolute Gasteiger partial charge is 0.325 e. The molecule has 2 saturated heterocycles. The molecule has 0 aromatic rings. The van der Waals surface area contributed by atoms with Crippen molar-refractivity contribution >= 4 is 17.8 Å². The standard InChI is InChI=1S/C16H25N3O3/c1-2-12-7-3-6-10-18(12)13(20)11-19-14(21)16(17-15(19)22)8-4-5-9-16/h12H,2-11H2,1H3,(H,17,22)/t12-/m1/s1. The van der Waals surface area contributed by atoms with Gasteiger partial charge in [0.2, 0.25) is 5.91 Å². The predicted molar refractivity (Wildman–Crippen MR) is 81.1 cm³/mol. The van der Waals surface area contributed by atoms with Gasteiger partial charge in [-0.1, -0.05) is 19.8 Å². The maximum Gasteiger partial charge on any atom is 0.325 e. The first kappa shape index (κ1) is 15.3. The Morgan fingerprint density at radius 3 is 2.64 bits per heavy atom. The average Bonchev–Trinajstić information content (AvgIpc) is 3.08. The van der Waals surface area contributed by atoms with Crippen LogP contribution in [-0.4, -0.2) is 52.3 Å². The van der Waals surface area contributed by atoms with Crippen LogP contribution in [-0.2, 0) is 9.59 Å². The molecule has 4 amide bonds. The minimum Gasteiger partial charge on any atom is -0.338 e. The topological polar surface area (TPSA) is 69.7 Å². The Balaban J connectivity index is 1.68. The van der Waals surface area contributed by atoms with Crippen molar-refractivity contribution in [2.24, 2.45) is 0 Å². The Morgan fingerprint density at radius 1 is 1.23 bits per heavy atom. The summed E-state index contributed by atoms with van der Waals surface area (Å²) in [5, 5.41) is 2.83. The van der Waals surface area contributed by atoms with Crippen molar-refractivity contribution in [2.45, 2.75) is 69.9 Å². The molecule has 3 fully saturated rings. The molecule has 2 aliphatic heterocycles. The molecule has 122 valence electrons. The van der Waals surface area contributed by atoms with Gasteiger partial charge >= 0.3 is 6.03 Å². The van der Waals surface area contributed by atoms with Crippen LogP contribution in [0.1, 0.15) is 58.3 Å². The zero-order valence-corrected chi connectivity index (χ0v) is 13.3. The second-order valence-corrected chi connectivity index (χ2v) is 6.76. The molecule has 6 nitrogen and oxygen atoms in total. The Bertz CT molecular complexity index is 485. The fraction of sp³-hybridized carbons (Fsp3) is 0.812. The van der Waals surface area contributed by atoms with Gasteiger partial charge in [0.1, 0.15) is 12.1 Å². The van der Waals surface area contributed by atoms with Crippen molar-refractivity contribution in [3.63, 3.8) is 0 Å². The number of carbonyl (C=O) groups excluding carboxylic acids is 3. The van der Waals surface area contributed by atoms with E-state index in [4.69, 9.17) is 0 Å². The lowest BCUT2D eigenvalue weighted by atomic mass is 9.98. The summed E-state index contributed by atoms with van der Waals surface area (Å²) in [6.07, 6.45) is 7.41. The van der Waals surface area contributed by atoms with Gasteiger partial charge < -0.3 is 10.2 Å². The molecule has 6 heteroatoms. The molecule has 3 aliphatic rings. The summed E-state index contributed by atoms with van der Waals surface area (Å²) in [6.45, 7) is 2.71. The van der Waals surface area contributed by atoms with Gasteiger partial charge in [0.05, 0.1) is 0 Å². The number of nitrogens with one attached hydrogen (secondary N) is 1. The van der Waals surface area contributed by atoms with Crippen LogP contribution in [0.3, 0.4) is 0 Å². The van der Waals surface area contributed by atoms with Crippen LogP contribution in [0.25, 0.3) is 0 Å². The van der Waals surface area contributed by atoms with E-state index in [0.29, 0.717) is 12.8 Å². The second kappa shape index (κ2) is 5.89. The monoisotopic (exact) mass is 307 g/mol. The lowest BCUT2D eigenvalue weighted by molar-refractivity contribution is -0.141. The molecule has 22 heavy (non-hydrogen) atoms. The summed E-state index contributed by atoms with van der Waals surface area (Å²) in [5.41, 5.74) is -0.719. The van der Waals surface area contributed by atoms with Crippen molar-refractivity contribution in [1.82, 2.24) is 15.1 Å². The highest BCUT2D eigenvalue weighted by Gasteiger charge is 2.53. The third-order valence-electron chi connectivity index (χ3n) is 5.42. The Kier molecular flexibility index (Phi) is 4.10. The van der Waals surface area contributed by atoms with Crippen LogP contribution in [0, 0.1) is 0 Å². The number of hydrogen-bond donors (Lipinski definition) is 1. The summed E-state index contributed by atoms with van der Waals surface area (Å²) in [5.74, 6) is -0.293. The number of imide groups is 1. The van der Waals surface area contributed by atoms with E-state index >= 15 is 0 Å². The quantitative estimate of drug-likeness (QED) is 0.806. The van der Waals surface area contributed by atoms with Gasteiger partial charge in [0, 0.05) is 12.6 Å².